The molecular weight excluding hydrogens is 212 g/mol. The molecule has 0 aliphatic rings. The van der Waals surface area contributed by atoms with E-state index in [1.54, 1.807) is 6.26 Å². The van der Waals surface area contributed by atoms with Crippen LogP contribution in [0.1, 0.15) is 35.4 Å². The van der Waals surface area contributed by atoms with E-state index in [0.717, 1.165) is 12.3 Å². The van der Waals surface area contributed by atoms with Crippen LogP contribution in [0.5, 0.6) is 0 Å². The Labute approximate surface area is 102 Å². The Hall–Kier alpha value is -1.61. The van der Waals surface area contributed by atoms with E-state index in [1.807, 2.05) is 31.5 Å². The van der Waals surface area contributed by atoms with Crippen LogP contribution in [-0.2, 0) is 0 Å². The van der Waals surface area contributed by atoms with Gasteiger partial charge >= 0.3 is 0 Å². The van der Waals surface area contributed by atoms with Crippen LogP contribution in [0.25, 0.3) is 0 Å². The third kappa shape index (κ3) is 2.39. The Morgan fingerprint density at radius 2 is 2.12 bits per heavy atom. The van der Waals surface area contributed by atoms with Crippen molar-refractivity contribution in [2.24, 2.45) is 0 Å². The summed E-state index contributed by atoms with van der Waals surface area (Å²) in [6.07, 6.45) is 5.49. The molecule has 0 saturated carbocycles. The van der Waals surface area contributed by atoms with Gasteiger partial charge in [-0.3, -0.25) is 4.98 Å². The van der Waals surface area contributed by atoms with Crippen LogP contribution >= 0.6 is 0 Å². The number of hydrogen-bond acceptors (Lipinski definition) is 3. The lowest BCUT2D eigenvalue weighted by Crippen LogP contribution is -2.23. The molecule has 0 bridgehead atoms. The molecule has 1 N–H and O–H groups in total. The first kappa shape index (κ1) is 11.9. The maximum atomic E-state index is 5.39. The smallest absolute Gasteiger partial charge is 0.105 e. The maximum Gasteiger partial charge on any atom is 0.105 e. The van der Waals surface area contributed by atoms with Crippen LogP contribution in [0, 0.1) is 13.8 Å². The van der Waals surface area contributed by atoms with Gasteiger partial charge in [0.2, 0.25) is 0 Å². The number of aromatic nitrogens is 1. The van der Waals surface area contributed by atoms with Gasteiger partial charge in [0.05, 0.1) is 12.3 Å². The molecule has 0 aliphatic carbocycles. The van der Waals surface area contributed by atoms with Gasteiger partial charge in [-0.1, -0.05) is 6.92 Å². The van der Waals surface area contributed by atoms with Gasteiger partial charge < -0.3 is 9.73 Å². The van der Waals surface area contributed by atoms with Gasteiger partial charge in [-0.15, -0.1) is 0 Å². The fourth-order valence-corrected chi connectivity index (χ4v) is 2.06. The number of nitrogens with zero attached hydrogens (tertiary/aromatic N) is 1. The van der Waals surface area contributed by atoms with Gasteiger partial charge in [0.25, 0.3) is 0 Å². The van der Waals surface area contributed by atoms with Crippen LogP contribution in [0.4, 0.5) is 0 Å². The number of furan rings is 1. The maximum absolute atomic E-state index is 5.39. The van der Waals surface area contributed by atoms with Gasteiger partial charge in [-0.25, -0.2) is 0 Å². The van der Waals surface area contributed by atoms with Crippen LogP contribution in [0.15, 0.2) is 35.2 Å². The third-order valence-corrected chi connectivity index (χ3v) is 3.01. The van der Waals surface area contributed by atoms with E-state index >= 15 is 0 Å². The normalized spacial score (nSPS) is 12.6. The predicted molar refractivity (Wildman–Crippen MR) is 67.9 cm³/mol. The van der Waals surface area contributed by atoms with Gasteiger partial charge in [-0.05, 0) is 43.7 Å². The summed E-state index contributed by atoms with van der Waals surface area (Å²) in [4.78, 5) is 4.22. The van der Waals surface area contributed by atoms with Crippen molar-refractivity contribution in [1.29, 1.82) is 0 Å². The average Bonchev–Trinajstić information content (AvgIpc) is 2.74. The van der Waals surface area contributed by atoms with E-state index < -0.39 is 0 Å². The second kappa shape index (κ2) is 5.15. The molecule has 17 heavy (non-hydrogen) atoms. The highest BCUT2D eigenvalue weighted by Gasteiger charge is 2.18. The van der Waals surface area contributed by atoms with E-state index in [-0.39, 0.29) is 6.04 Å². The van der Waals surface area contributed by atoms with Crippen LogP contribution in [0.2, 0.25) is 0 Å². The number of nitrogens with one attached hydrogen (secondary N) is 1. The third-order valence-electron chi connectivity index (χ3n) is 3.01. The Morgan fingerprint density at radius 3 is 2.71 bits per heavy atom. The zero-order chi connectivity index (χ0) is 12.3. The molecule has 0 saturated heterocycles. The average molecular weight is 230 g/mol. The summed E-state index contributed by atoms with van der Waals surface area (Å²) >= 11 is 0. The minimum absolute atomic E-state index is 0.160. The monoisotopic (exact) mass is 230 g/mol. The molecule has 2 rings (SSSR count). The molecule has 0 aliphatic heterocycles. The summed E-state index contributed by atoms with van der Waals surface area (Å²) in [5.41, 5.74) is 3.63. The molecule has 0 amide bonds. The summed E-state index contributed by atoms with van der Waals surface area (Å²) in [6.45, 7) is 7.11. The fourth-order valence-electron chi connectivity index (χ4n) is 2.06. The molecule has 0 fully saturated rings. The van der Waals surface area contributed by atoms with Crippen molar-refractivity contribution >= 4 is 0 Å². The number of rotatable bonds is 4. The van der Waals surface area contributed by atoms with E-state index in [4.69, 9.17) is 4.42 Å². The summed E-state index contributed by atoms with van der Waals surface area (Å²) in [5.74, 6) is 0.958. The lowest BCUT2D eigenvalue weighted by molar-refractivity contribution is 0.519. The molecule has 3 heteroatoms. The molecule has 1 atom stereocenters. The highest BCUT2D eigenvalue weighted by Crippen LogP contribution is 2.27. The molecule has 0 spiro atoms. The first-order valence-electron chi connectivity index (χ1n) is 5.92. The van der Waals surface area contributed by atoms with Crippen molar-refractivity contribution in [1.82, 2.24) is 10.3 Å². The molecule has 0 aromatic carbocycles. The molecule has 0 radical (unpaired) electrons. The Bertz CT molecular complexity index is 490. The topological polar surface area (TPSA) is 38.1 Å². The van der Waals surface area contributed by atoms with Crippen molar-refractivity contribution in [3.63, 3.8) is 0 Å². The van der Waals surface area contributed by atoms with Crippen molar-refractivity contribution < 1.29 is 4.42 Å². The predicted octanol–water partition coefficient (Wildman–Crippen LogP) is 2.99. The minimum atomic E-state index is 0.160. The summed E-state index contributed by atoms with van der Waals surface area (Å²) in [7, 11) is 0. The van der Waals surface area contributed by atoms with Crippen molar-refractivity contribution in [3.8, 4) is 0 Å². The molecule has 3 nitrogen and oxygen atoms in total. The van der Waals surface area contributed by atoms with Crippen LogP contribution in [0.3, 0.4) is 0 Å². The van der Waals surface area contributed by atoms with Gasteiger partial charge in [-0.2, -0.15) is 0 Å². The number of pyridine rings is 1. The molecule has 1 unspecified atom stereocenters. The quantitative estimate of drug-likeness (QED) is 0.877. The molecule has 2 heterocycles. The van der Waals surface area contributed by atoms with E-state index in [0.29, 0.717) is 0 Å². The van der Waals surface area contributed by atoms with E-state index in [1.165, 1.54) is 16.7 Å². The second-order valence-corrected chi connectivity index (χ2v) is 4.16. The Kier molecular flexibility index (Phi) is 3.59. The molecular formula is C14H18N2O. The second-order valence-electron chi connectivity index (χ2n) is 4.16. The first-order valence-corrected chi connectivity index (χ1v) is 5.92. The Morgan fingerprint density at radius 1 is 1.29 bits per heavy atom. The highest BCUT2D eigenvalue weighted by molar-refractivity contribution is 5.35. The summed E-state index contributed by atoms with van der Waals surface area (Å²) in [5, 5.41) is 3.48. The summed E-state index contributed by atoms with van der Waals surface area (Å²) < 4.78 is 5.39. The van der Waals surface area contributed by atoms with E-state index in [2.05, 4.69) is 24.1 Å². The van der Waals surface area contributed by atoms with E-state index in [9.17, 15) is 0 Å². The first-order chi connectivity index (χ1) is 8.24. The zero-order valence-corrected chi connectivity index (χ0v) is 10.5. The minimum Gasteiger partial charge on any atom is -0.469 e. The number of aryl methyl sites for hydroxylation is 2. The standard InChI is InChI=1S/C14H18N2O/c1-4-16-14(12-6-8-17-11(12)3)13-9-15-7-5-10(13)2/h5-9,14,16H,4H2,1-3H3. The molecule has 2 aromatic rings. The molecule has 2 aromatic heterocycles. The Balaban J connectivity index is 2.43. The highest BCUT2D eigenvalue weighted by atomic mass is 16.3. The van der Waals surface area contributed by atoms with Gasteiger partial charge in [0.15, 0.2) is 0 Å². The van der Waals surface area contributed by atoms with Crippen molar-refractivity contribution in [2.45, 2.75) is 26.8 Å². The van der Waals surface area contributed by atoms with Crippen molar-refractivity contribution in [3.05, 3.63) is 53.2 Å². The largest absolute Gasteiger partial charge is 0.469 e. The van der Waals surface area contributed by atoms with Gasteiger partial charge in [0.1, 0.15) is 5.76 Å². The SMILES string of the molecule is CCNC(c1cnccc1C)c1ccoc1C. The summed E-state index contributed by atoms with van der Waals surface area (Å²) in [6, 6.07) is 4.22. The number of hydrogen-bond donors (Lipinski definition) is 1. The molecule has 90 valence electrons. The lowest BCUT2D eigenvalue weighted by atomic mass is 9.97. The van der Waals surface area contributed by atoms with Gasteiger partial charge in [0, 0.05) is 18.0 Å². The zero-order valence-electron chi connectivity index (χ0n) is 10.5. The lowest BCUT2D eigenvalue weighted by Gasteiger charge is -2.19. The van der Waals surface area contributed by atoms with Crippen LogP contribution < -0.4 is 5.32 Å². The van der Waals surface area contributed by atoms with Crippen LogP contribution in [-0.4, -0.2) is 11.5 Å². The fraction of sp³-hybridized carbons (Fsp3) is 0.357. The van der Waals surface area contributed by atoms with Crippen molar-refractivity contribution in [2.75, 3.05) is 6.54 Å².